The summed E-state index contributed by atoms with van der Waals surface area (Å²) in [5.74, 6) is -4.17. The Hall–Kier alpha value is -2.78. The van der Waals surface area contributed by atoms with Gasteiger partial charge in [-0.3, -0.25) is 19.2 Å². The van der Waals surface area contributed by atoms with E-state index in [1.54, 1.807) is 33.8 Å². The molecule has 0 aromatic carbocycles. The number of aliphatic hydroxyl groups is 6. The minimum absolute atomic E-state index is 0.0841. The summed E-state index contributed by atoms with van der Waals surface area (Å²) in [5.41, 5.74) is -6.62. The van der Waals surface area contributed by atoms with Crippen LogP contribution in [0.2, 0.25) is 0 Å². The first-order valence-corrected chi connectivity index (χ1v) is 17.6. The van der Waals surface area contributed by atoms with E-state index in [0.717, 1.165) is 6.08 Å². The predicted octanol–water partition coefficient (Wildman–Crippen LogP) is 1.45. The molecule has 13 heteroatoms. The molecule has 4 aliphatic carbocycles. The van der Waals surface area contributed by atoms with E-state index >= 15 is 0 Å². The molecule has 0 aromatic heterocycles. The molecule has 0 radical (unpaired) electrons. The van der Waals surface area contributed by atoms with Crippen LogP contribution in [0.15, 0.2) is 35.6 Å². The highest BCUT2D eigenvalue weighted by atomic mass is 16.7. The number of aliphatic hydroxyl groups excluding tert-OH is 5. The lowest BCUT2D eigenvalue weighted by molar-refractivity contribution is -0.291. The van der Waals surface area contributed by atoms with Gasteiger partial charge in [-0.1, -0.05) is 32.4 Å². The van der Waals surface area contributed by atoms with Gasteiger partial charge in [-0.2, -0.15) is 0 Å². The highest BCUT2D eigenvalue weighted by Gasteiger charge is 2.74. The summed E-state index contributed by atoms with van der Waals surface area (Å²) < 4.78 is 16.7. The maximum atomic E-state index is 14.8. The van der Waals surface area contributed by atoms with Gasteiger partial charge in [-0.15, -0.1) is 0 Å². The van der Waals surface area contributed by atoms with Crippen molar-refractivity contribution < 1.29 is 64.0 Å². The number of carbonyl (C=O) groups is 4. The van der Waals surface area contributed by atoms with Gasteiger partial charge in [0.1, 0.15) is 41.4 Å². The first-order valence-electron chi connectivity index (χ1n) is 17.6. The van der Waals surface area contributed by atoms with E-state index < -0.39 is 112 Å². The summed E-state index contributed by atoms with van der Waals surface area (Å²) in [6.07, 6.45) is -2.57. The second kappa shape index (κ2) is 12.7. The zero-order valence-corrected chi connectivity index (χ0v) is 30.9. The molecule has 0 amide bonds. The molecule has 2 saturated carbocycles. The summed E-state index contributed by atoms with van der Waals surface area (Å²) in [7, 11) is 0. The highest BCUT2D eigenvalue weighted by molar-refractivity contribution is 6.02. The fourth-order valence-corrected chi connectivity index (χ4v) is 10.3. The van der Waals surface area contributed by atoms with Crippen LogP contribution < -0.4 is 0 Å². The van der Waals surface area contributed by atoms with E-state index in [1.165, 1.54) is 19.9 Å². The normalized spacial score (nSPS) is 43.3. The topological polar surface area (TPSA) is 217 Å². The minimum atomic E-state index is -2.09. The Bertz CT molecular complexity index is 1570. The van der Waals surface area contributed by atoms with Crippen LogP contribution in [0.25, 0.3) is 0 Å². The maximum Gasteiger partial charge on any atom is 0.303 e. The van der Waals surface area contributed by atoms with Crippen molar-refractivity contribution in [1.82, 2.24) is 0 Å². The second-order valence-corrected chi connectivity index (χ2v) is 17.2. The molecule has 5 aliphatic rings. The zero-order chi connectivity index (χ0) is 38.4. The third-order valence-corrected chi connectivity index (χ3v) is 13.3. The molecule has 5 rings (SSSR count). The number of rotatable bonds is 8. The number of hydrogen-bond donors (Lipinski definition) is 6. The molecular weight excluding hydrogens is 664 g/mol. The minimum Gasteiger partial charge on any atom is -0.459 e. The molecule has 13 nitrogen and oxygen atoms in total. The molecule has 0 aromatic rings. The van der Waals surface area contributed by atoms with Crippen LogP contribution in [0.3, 0.4) is 0 Å². The lowest BCUT2D eigenvalue weighted by Gasteiger charge is -2.63. The third-order valence-electron chi connectivity index (χ3n) is 13.3. The molecule has 0 unspecified atom stereocenters. The maximum absolute atomic E-state index is 14.8. The molecule has 0 spiro atoms. The number of fused-ring (bicyclic) bond motifs is 5. The fraction of sp³-hybridized carbons (Fsp3) is 0.737. The van der Waals surface area contributed by atoms with Crippen molar-refractivity contribution in [1.29, 1.82) is 0 Å². The van der Waals surface area contributed by atoms with Gasteiger partial charge in [0.15, 0.2) is 11.5 Å². The first-order chi connectivity index (χ1) is 23.3. The van der Waals surface area contributed by atoms with Crippen molar-refractivity contribution in [2.75, 3.05) is 6.61 Å². The quantitative estimate of drug-likeness (QED) is 0.119. The van der Waals surface area contributed by atoms with Crippen molar-refractivity contribution >= 4 is 23.3 Å². The largest absolute Gasteiger partial charge is 0.459 e. The van der Waals surface area contributed by atoms with E-state index in [4.69, 9.17) is 14.2 Å². The van der Waals surface area contributed by atoms with Gasteiger partial charge in [-0.05, 0) is 82.4 Å². The Labute approximate surface area is 298 Å². The van der Waals surface area contributed by atoms with Gasteiger partial charge in [-0.25, -0.2) is 0 Å². The van der Waals surface area contributed by atoms with Gasteiger partial charge in [0.25, 0.3) is 0 Å². The summed E-state index contributed by atoms with van der Waals surface area (Å²) >= 11 is 0. The number of ketones is 3. The van der Waals surface area contributed by atoms with E-state index in [0.29, 0.717) is 12.0 Å². The van der Waals surface area contributed by atoms with Crippen LogP contribution in [0.4, 0.5) is 0 Å². The van der Waals surface area contributed by atoms with Crippen LogP contribution in [0.5, 0.6) is 0 Å². The standard InChI is InChI=1S/C38H54O13/c1-18(40)51-33(2,3)13-12-25(42)38(9,48)30-21(41)15-35(6)24-11-10-19-20(37(24,8)26(43)16-36(30,35)7)14-22(31(47)34(19,4)5)49-32-29(46)28(45)27(44)23(17-39)50-32/h10,12-14,20-21,23-24,27-30,32,39,41,44-46,48H,11,15-17H2,1-9H3/b13-12+/t20-,21-,23+,24+,27-,28-,29-,30+,32-,35+,36-,37+,38+/m1/s1. The average Bonchev–Trinajstić information content (AvgIpc) is 3.22. The monoisotopic (exact) mass is 718 g/mol. The number of ether oxygens (including phenoxy) is 3. The van der Waals surface area contributed by atoms with E-state index in [9.17, 15) is 49.8 Å². The van der Waals surface area contributed by atoms with Crippen molar-refractivity contribution in [3.63, 3.8) is 0 Å². The summed E-state index contributed by atoms with van der Waals surface area (Å²) in [6.45, 7) is 14.2. The predicted molar refractivity (Wildman–Crippen MR) is 180 cm³/mol. The summed E-state index contributed by atoms with van der Waals surface area (Å²) in [4.78, 5) is 53.9. The lowest BCUT2D eigenvalue weighted by atomic mass is 9.39. The molecule has 0 bridgehead atoms. The Morgan fingerprint density at radius 1 is 1.00 bits per heavy atom. The van der Waals surface area contributed by atoms with Crippen LogP contribution in [0, 0.1) is 39.4 Å². The molecule has 1 saturated heterocycles. The van der Waals surface area contributed by atoms with E-state index in [2.05, 4.69) is 0 Å². The van der Waals surface area contributed by atoms with Gasteiger partial charge in [0, 0.05) is 30.6 Å². The van der Waals surface area contributed by atoms with Gasteiger partial charge < -0.3 is 44.8 Å². The number of carbonyl (C=O) groups excluding carboxylic acids is 4. The molecule has 6 N–H and O–H groups in total. The molecule has 51 heavy (non-hydrogen) atoms. The van der Waals surface area contributed by atoms with Gasteiger partial charge >= 0.3 is 5.97 Å². The van der Waals surface area contributed by atoms with Gasteiger partial charge in [0.05, 0.1) is 18.1 Å². The van der Waals surface area contributed by atoms with Crippen LogP contribution in [-0.4, -0.2) is 109 Å². The van der Waals surface area contributed by atoms with Crippen molar-refractivity contribution in [2.24, 2.45) is 39.4 Å². The van der Waals surface area contributed by atoms with Crippen LogP contribution in [0.1, 0.15) is 81.6 Å². The number of hydrogen-bond acceptors (Lipinski definition) is 13. The number of Topliss-reactive ketones (excluding diaryl/α,β-unsaturated/α-hetero) is 2. The molecule has 284 valence electrons. The molecular formula is C38H54O13. The Morgan fingerprint density at radius 2 is 1.63 bits per heavy atom. The SMILES string of the molecule is CC(=O)OC(C)(C)/C=C/C(=O)[C@](C)(O)[C@H]1[C@H](O)C[C@@]2(C)[C@@H]3CC=C4[C@@H](C=C(O[C@@H]5O[C@@H](CO)[C@@H](O)[C@@H](O)[C@H]5O)C(=O)C4(C)C)[C@]3(C)C(=O)C[C@]12C. The zero-order valence-electron chi connectivity index (χ0n) is 30.9. The first kappa shape index (κ1) is 39.4. The van der Waals surface area contributed by atoms with Crippen molar-refractivity contribution in [2.45, 2.75) is 130 Å². The van der Waals surface area contributed by atoms with Gasteiger partial charge in [0.2, 0.25) is 12.1 Å². The summed E-state index contributed by atoms with van der Waals surface area (Å²) in [5, 5.41) is 64.6. The number of allylic oxidation sites excluding steroid dienone is 4. The molecule has 1 heterocycles. The number of esters is 1. The third kappa shape index (κ3) is 5.87. The van der Waals surface area contributed by atoms with E-state index in [1.807, 2.05) is 26.8 Å². The average molecular weight is 719 g/mol. The smallest absolute Gasteiger partial charge is 0.303 e. The molecule has 13 atom stereocenters. The van der Waals surface area contributed by atoms with E-state index in [-0.39, 0.29) is 24.4 Å². The Balaban J connectivity index is 1.52. The molecule has 1 aliphatic heterocycles. The second-order valence-electron chi connectivity index (χ2n) is 17.2. The van der Waals surface area contributed by atoms with Crippen LogP contribution in [-0.2, 0) is 33.4 Å². The Morgan fingerprint density at radius 3 is 2.22 bits per heavy atom. The van der Waals surface area contributed by atoms with Crippen molar-refractivity contribution in [3.8, 4) is 0 Å². The molecule has 3 fully saturated rings. The fourth-order valence-electron chi connectivity index (χ4n) is 10.3. The van der Waals surface area contributed by atoms with Crippen molar-refractivity contribution in [3.05, 3.63) is 35.6 Å². The van der Waals surface area contributed by atoms with Crippen LogP contribution >= 0.6 is 0 Å². The lowest BCUT2D eigenvalue weighted by Crippen LogP contribution is -2.64. The Kier molecular flexibility index (Phi) is 9.80. The highest BCUT2D eigenvalue weighted by Crippen LogP contribution is 2.73. The summed E-state index contributed by atoms with van der Waals surface area (Å²) in [6, 6.07) is 0.